The van der Waals surface area contributed by atoms with Crippen LogP contribution in [0.25, 0.3) is 0 Å². The topological polar surface area (TPSA) is 29.3 Å². The molecule has 2 N–H and O–H groups in total. The van der Waals surface area contributed by atoms with Crippen molar-refractivity contribution in [2.24, 2.45) is 5.73 Å². The maximum atomic E-state index is 5.77. The third-order valence-corrected chi connectivity index (χ3v) is 3.54. The van der Waals surface area contributed by atoms with Crippen molar-refractivity contribution >= 4 is 5.69 Å². The summed E-state index contributed by atoms with van der Waals surface area (Å²) in [5.41, 5.74) is 8.75. The number of rotatable bonds is 5. The number of aryl methyl sites for hydroxylation is 1. The highest BCUT2D eigenvalue weighted by Gasteiger charge is 2.15. The van der Waals surface area contributed by atoms with Gasteiger partial charge in [-0.3, -0.25) is 0 Å². The van der Waals surface area contributed by atoms with E-state index < -0.39 is 0 Å². The van der Waals surface area contributed by atoms with Crippen LogP contribution in [0.4, 0.5) is 5.69 Å². The molecule has 0 aromatic heterocycles. The molecule has 2 heteroatoms. The molecule has 1 aromatic carbocycles. The molecule has 0 bridgehead atoms. The Kier molecular flexibility index (Phi) is 4.43. The summed E-state index contributed by atoms with van der Waals surface area (Å²) in [6.07, 6.45) is 6.19. The van der Waals surface area contributed by atoms with Gasteiger partial charge < -0.3 is 10.6 Å². The molecule has 0 fully saturated rings. The van der Waals surface area contributed by atoms with Gasteiger partial charge in [-0.25, -0.2) is 0 Å². The van der Waals surface area contributed by atoms with E-state index in [4.69, 9.17) is 5.73 Å². The molecule has 1 atom stereocenters. The van der Waals surface area contributed by atoms with E-state index in [0.717, 1.165) is 6.42 Å². The Hall–Kier alpha value is -1.02. The molecule has 0 saturated heterocycles. The second-order valence-electron chi connectivity index (χ2n) is 5.19. The monoisotopic (exact) mass is 232 g/mol. The summed E-state index contributed by atoms with van der Waals surface area (Å²) in [5, 5.41) is 0. The lowest BCUT2D eigenvalue weighted by molar-refractivity contribution is 0.579. The Morgan fingerprint density at radius 1 is 1.29 bits per heavy atom. The number of fused-ring (bicyclic) bond motifs is 1. The van der Waals surface area contributed by atoms with Gasteiger partial charge in [0.15, 0.2) is 0 Å². The molecule has 0 saturated carbocycles. The van der Waals surface area contributed by atoms with E-state index in [1.165, 1.54) is 50.0 Å². The van der Waals surface area contributed by atoms with E-state index in [9.17, 15) is 0 Å². The van der Waals surface area contributed by atoms with Crippen LogP contribution in [0.5, 0.6) is 0 Å². The van der Waals surface area contributed by atoms with Crippen LogP contribution in [0.2, 0.25) is 0 Å². The minimum absolute atomic E-state index is 0.351. The van der Waals surface area contributed by atoms with Crippen LogP contribution in [-0.4, -0.2) is 19.1 Å². The quantitative estimate of drug-likeness (QED) is 0.791. The second-order valence-corrected chi connectivity index (χ2v) is 5.19. The fourth-order valence-corrected chi connectivity index (χ4v) is 2.61. The first kappa shape index (κ1) is 12.4. The predicted octanol–water partition coefficient (Wildman–Crippen LogP) is 2.96. The summed E-state index contributed by atoms with van der Waals surface area (Å²) in [4.78, 5) is 2.54. The molecule has 1 unspecified atom stereocenters. The van der Waals surface area contributed by atoms with Gasteiger partial charge in [-0.05, 0) is 44.2 Å². The van der Waals surface area contributed by atoms with Gasteiger partial charge in [0, 0.05) is 24.8 Å². The van der Waals surface area contributed by atoms with Crippen LogP contribution in [-0.2, 0) is 6.42 Å². The normalized spacial score (nSPS) is 16.7. The van der Waals surface area contributed by atoms with Crippen LogP contribution >= 0.6 is 0 Å². The maximum absolute atomic E-state index is 5.77. The number of hydrogen-bond acceptors (Lipinski definition) is 2. The van der Waals surface area contributed by atoms with E-state index >= 15 is 0 Å². The van der Waals surface area contributed by atoms with Crippen LogP contribution < -0.4 is 10.6 Å². The van der Waals surface area contributed by atoms with Gasteiger partial charge in [0.05, 0.1) is 0 Å². The van der Waals surface area contributed by atoms with Crippen LogP contribution in [0, 0.1) is 0 Å². The third kappa shape index (κ3) is 3.47. The van der Waals surface area contributed by atoms with E-state index in [1.54, 1.807) is 0 Å². The standard InChI is InChI=1S/C15H24N2/c1-13(16)7-4-5-11-17-12-6-9-14-8-2-3-10-15(14)17/h2-3,8,10,13H,4-7,9,11-12,16H2,1H3. The summed E-state index contributed by atoms with van der Waals surface area (Å²) < 4.78 is 0. The number of anilines is 1. The highest BCUT2D eigenvalue weighted by atomic mass is 15.1. The molecule has 1 aliphatic rings. The van der Waals surface area contributed by atoms with Gasteiger partial charge in [0.1, 0.15) is 0 Å². The Bertz CT molecular complexity index is 347. The first-order valence-electron chi connectivity index (χ1n) is 6.86. The summed E-state index contributed by atoms with van der Waals surface area (Å²) >= 11 is 0. The predicted molar refractivity (Wildman–Crippen MR) is 74.5 cm³/mol. The van der Waals surface area contributed by atoms with Gasteiger partial charge in [0.2, 0.25) is 0 Å². The zero-order valence-electron chi connectivity index (χ0n) is 10.9. The molecule has 1 aromatic rings. The Morgan fingerprint density at radius 3 is 2.94 bits per heavy atom. The lowest BCUT2D eigenvalue weighted by Gasteiger charge is -2.31. The van der Waals surface area contributed by atoms with Gasteiger partial charge >= 0.3 is 0 Å². The first-order valence-corrected chi connectivity index (χ1v) is 6.86. The Morgan fingerprint density at radius 2 is 2.12 bits per heavy atom. The molecule has 2 rings (SSSR count). The van der Waals surface area contributed by atoms with Gasteiger partial charge in [-0.15, -0.1) is 0 Å². The molecule has 2 nitrogen and oxygen atoms in total. The average Bonchev–Trinajstić information content (AvgIpc) is 2.34. The third-order valence-electron chi connectivity index (χ3n) is 3.54. The van der Waals surface area contributed by atoms with Gasteiger partial charge in [0.25, 0.3) is 0 Å². The van der Waals surface area contributed by atoms with Crippen molar-refractivity contribution in [2.45, 2.75) is 45.1 Å². The highest BCUT2D eigenvalue weighted by Crippen LogP contribution is 2.26. The SMILES string of the molecule is CC(N)CCCCN1CCCc2ccccc21. The lowest BCUT2D eigenvalue weighted by atomic mass is 10.0. The van der Waals surface area contributed by atoms with Crippen molar-refractivity contribution in [3.8, 4) is 0 Å². The number of hydrogen-bond donors (Lipinski definition) is 1. The molecule has 17 heavy (non-hydrogen) atoms. The largest absolute Gasteiger partial charge is 0.371 e. The maximum Gasteiger partial charge on any atom is 0.0398 e. The first-order chi connectivity index (χ1) is 8.27. The summed E-state index contributed by atoms with van der Waals surface area (Å²) in [7, 11) is 0. The zero-order valence-corrected chi connectivity index (χ0v) is 10.9. The molecule has 0 amide bonds. The van der Waals surface area contributed by atoms with E-state index in [0.29, 0.717) is 6.04 Å². The van der Waals surface area contributed by atoms with Crippen LogP contribution in [0.15, 0.2) is 24.3 Å². The molecule has 94 valence electrons. The highest BCUT2D eigenvalue weighted by molar-refractivity contribution is 5.55. The number of benzene rings is 1. The van der Waals surface area contributed by atoms with E-state index in [2.05, 4.69) is 36.1 Å². The second kappa shape index (κ2) is 6.06. The van der Waals surface area contributed by atoms with Crippen molar-refractivity contribution in [3.05, 3.63) is 29.8 Å². The molecule has 0 spiro atoms. The zero-order chi connectivity index (χ0) is 12.1. The smallest absolute Gasteiger partial charge is 0.0398 e. The van der Waals surface area contributed by atoms with Crippen molar-refractivity contribution < 1.29 is 0 Å². The van der Waals surface area contributed by atoms with Crippen LogP contribution in [0.3, 0.4) is 0 Å². The molecule has 0 aliphatic carbocycles. The van der Waals surface area contributed by atoms with Crippen molar-refractivity contribution in [2.75, 3.05) is 18.0 Å². The molecule has 1 heterocycles. The average molecular weight is 232 g/mol. The fraction of sp³-hybridized carbons (Fsp3) is 0.600. The van der Waals surface area contributed by atoms with Crippen molar-refractivity contribution in [3.63, 3.8) is 0 Å². The number of nitrogens with zero attached hydrogens (tertiary/aromatic N) is 1. The van der Waals surface area contributed by atoms with Gasteiger partial charge in [-0.2, -0.15) is 0 Å². The van der Waals surface area contributed by atoms with Gasteiger partial charge in [-0.1, -0.05) is 24.6 Å². The summed E-state index contributed by atoms with van der Waals surface area (Å²) in [6, 6.07) is 9.18. The molecular formula is C15H24N2. The van der Waals surface area contributed by atoms with Crippen LogP contribution in [0.1, 0.15) is 38.2 Å². The van der Waals surface area contributed by atoms with E-state index in [1.807, 2.05) is 0 Å². The lowest BCUT2D eigenvalue weighted by Crippen LogP contribution is -2.30. The Labute approximate surface area is 105 Å². The summed E-state index contributed by atoms with van der Waals surface area (Å²) in [5.74, 6) is 0. The number of unbranched alkanes of at least 4 members (excludes halogenated alkanes) is 1. The van der Waals surface area contributed by atoms with Crippen molar-refractivity contribution in [1.82, 2.24) is 0 Å². The molecule has 0 radical (unpaired) electrons. The minimum atomic E-state index is 0.351. The van der Waals surface area contributed by atoms with Crippen molar-refractivity contribution in [1.29, 1.82) is 0 Å². The minimum Gasteiger partial charge on any atom is -0.371 e. The fourth-order valence-electron chi connectivity index (χ4n) is 2.61. The Balaban J connectivity index is 1.86. The number of nitrogens with two attached hydrogens (primary N) is 1. The molecule has 1 aliphatic heterocycles. The number of para-hydroxylation sites is 1. The van der Waals surface area contributed by atoms with E-state index in [-0.39, 0.29) is 0 Å². The molecular weight excluding hydrogens is 208 g/mol. The summed E-state index contributed by atoms with van der Waals surface area (Å²) in [6.45, 7) is 4.50.